The van der Waals surface area contributed by atoms with Crippen LogP contribution in [0, 0.1) is 18.6 Å². The molecule has 1 aliphatic rings. The number of ether oxygens (including phenoxy) is 4. The van der Waals surface area contributed by atoms with E-state index < -0.39 is 86.4 Å². The molecule has 66 heavy (non-hydrogen) atoms. The van der Waals surface area contributed by atoms with E-state index in [0.29, 0.717) is 70.4 Å². The van der Waals surface area contributed by atoms with Gasteiger partial charge in [-0.05, 0) is 74.2 Å². The molecule has 1 fully saturated rings. The maximum atomic E-state index is 17.0. The average molecular weight is 972 g/mol. The summed E-state index contributed by atoms with van der Waals surface area (Å²) in [6, 6.07) is 13.9. The number of aryl methyl sites for hydroxylation is 1. The van der Waals surface area contributed by atoms with E-state index >= 15 is 8.78 Å². The number of nitrogens with zero attached hydrogens (tertiary/aromatic N) is 5. The molecule has 0 radical (unpaired) electrons. The van der Waals surface area contributed by atoms with Crippen LogP contribution in [0.4, 0.5) is 18.9 Å². The maximum absolute atomic E-state index is 17.0. The molecule has 5 aromatic rings. The fraction of sp³-hybridized carbons (Fsp3) is 0.478. The van der Waals surface area contributed by atoms with Crippen LogP contribution in [-0.2, 0) is 35.9 Å². The summed E-state index contributed by atoms with van der Waals surface area (Å²) in [5.74, 6) is -3.72. The first kappa shape index (κ1) is 50.5. The Morgan fingerprint density at radius 3 is 2.27 bits per heavy atom. The van der Waals surface area contributed by atoms with Crippen LogP contribution in [-0.4, -0.2) is 108 Å². The summed E-state index contributed by atoms with van der Waals surface area (Å²) in [4.78, 5) is 31.7. The van der Waals surface area contributed by atoms with Crippen LogP contribution in [0.1, 0.15) is 52.6 Å². The van der Waals surface area contributed by atoms with Crippen molar-refractivity contribution in [1.82, 2.24) is 19.0 Å². The molecule has 0 spiro atoms. The highest BCUT2D eigenvalue weighted by atomic mass is 32.2. The number of methoxy groups -OCH3 is 1. The van der Waals surface area contributed by atoms with Crippen LogP contribution in [0.3, 0.4) is 0 Å². The smallest absolute Gasteiger partial charge is 0.316 e. The molecular weight excluding hydrogens is 912 g/mol. The number of hydrogen-bond acceptors (Lipinski definition) is 11. The predicted molar refractivity (Wildman–Crippen MR) is 251 cm³/mol. The summed E-state index contributed by atoms with van der Waals surface area (Å²) in [6.45, 7) is 14.5. The lowest BCUT2D eigenvalue weighted by molar-refractivity contribution is -0.143. The van der Waals surface area contributed by atoms with E-state index in [1.54, 1.807) is 54.1 Å². The molecule has 0 amide bonds. The molecule has 4 heterocycles. The quantitative estimate of drug-likeness (QED) is 0.0202. The first-order valence-electron chi connectivity index (χ1n) is 22.0. The highest BCUT2D eigenvalue weighted by Gasteiger charge is 2.39. The zero-order valence-electron chi connectivity index (χ0n) is 38.9. The Hall–Kier alpha value is -4.87. The minimum atomic E-state index is -4.58. The number of ketones is 1. The Labute approximate surface area is 386 Å². The van der Waals surface area contributed by atoms with Crippen molar-refractivity contribution < 1.29 is 54.6 Å². The number of hydrogen-bond donors (Lipinski definition) is 0. The lowest BCUT2D eigenvalue weighted by Crippen LogP contribution is -2.45. The number of carbonyl (C=O) groups is 2. The fourth-order valence-electron chi connectivity index (χ4n) is 7.34. The van der Waals surface area contributed by atoms with Gasteiger partial charge in [0.25, 0.3) is 0 Å². The highest BCUT2D eigenvalue weighted by molar-refractivity contribution is 7.90. The van der Waals surface area contributed by atoms with Crippen molar-refractivity contribution in [3.63, 3.8) is 0 Å². The largest absolute Gasteiger partial charge is 0.494 e. The molecule has 3 aromatic heterocycles. The van der Waals surface area contributed by atoms with Crippen molar-refractivity contribution in [3.8, 4) is 16.9 Å². The normalized spacial score (nSPS) is 15.3. The van der Waals surface area contributed by atoms with E-state index in [1.165, 1.54) is 13.3 Å². The number of benzene rings is 2. The third-order valence-corrected chi connectivity index (χ3v) is 16.5. The standard InChI is InChI=1S/C46H60F3N5O9SSi2/c1-31-24-41(63-51-31)36(46(56)59-2)10-9-19-62-35-13-11-32(12-14-35)33-25-37-38(28-52(45(37)50-26-33)29-60-20-22-65(3,4)5)44(55)42-39(48)15-16-40(43(42)49)54(30-61-21-23-66(6,7)8)64(57,58)53-18-17-34(47)27-53/h11-16,24-26,28,34,36H,9-10,17-23,27,29-30H2,1-8H3/t34-,36?/m1/s1. The van der Waals surface area contributed by atoms with Crippen LogP contribution in [0.15, 0.2) is 65.4 Å². The summed E-state index contributed by atoms with van der Waals surface area (Å²) >= 11 is 0. The number of anilines is 1. The second-order valence-corrected chi connectivity index (χ2v) is 32.0. The van der Waals surface area contributed by atoms with E-state index in [-0.39, 0.29) is 37.3 Å². The van der Waals surface area contributed by atoms with Gasteiger partial charge in [0.1, 0.15) is 42.8 Å². The van der Waals surface area contributed by atoms with Gasteiger partial charge in [-0.3, -0.25) is 9.59 Å². The van der Waals surface area contributed by atoms with Crippen LogP contribution in [0.25, 0.3) is 22.2 Å². The SMILES string of the molecule is COC(=O)C(CCCOc1ccc(-c2cnc3c(c2)c(C(=O)c2c(F)ccc(N(COCC[Si](C)(C)C)S(=O)(=O)N4CC[C@@H](F)C4)c2F)cn3COCC[Si](C)(C)C)cc1)c1cc(C)no1. The van der Waals surface area contributed by atoms with Gasteiger partial charge < -0.3 is 28.0 Å². The van der Waals surface area contributed by atoms with E-state index in [4.69, 9.17) is 28.5 Å². The van der Waals surface area contributed by atoms with Gasteiger partial charge in [-0.25, -0.2) is 22.5 Å². The molecular formula is C46H60F3N5O9SSi2. The number of esters is 1. The summed E-state index contributed by atoms with van der Waals surface area (Å²) < 4.78 is 106. The Morgan fingerprint density at radius 1 is 0.955 bits per heavy atom. The Bertz CT molecular complexity index is 2600. The fourth-order valence-corrected chi connectivity index (χ4v) is 10.4. The summed E-state index contributed by atoms with van der Waals surface area (Å²) in [6.07, 6.45) is 2.54. The Balaban J connectivity index is 1.29. The second kappa shape index (κ2) is 21.4. The minimum absolute atomic E-state index is 0.00223. The lowest BCUT2D eigenvalue weighted by atomic mass is 9.99. The number of rotatable bonds is 23. The Kier molecular flexibility index (Phi) is 16.4. The molecule has 0 aliphatic carbocycles. The number of pyridine rings is 1. The Morgan fingerprint density at radius 2 is 1.65 bits per heavy atom. The first-order valence-corrected chi connectivity index (χ1v) is 30.8. The number of carbonyl (C=O) groups excluding carboxylic acids is 2. The number of alkyl halides is 1. The van der Waals surface area contributed by atoms with E-state index in [9.17, 15) is 22.4 Å². The van der Waals surface area contributed by atoms with Crippen molar-refractivity contribution in [2.24, 2.45) is 0 Å². The van der Waals surface area contributed by atoms with Crippen molar-refractivity contribution >= 4 is 54.8 Å². The molecule has 14 nitrogen and oxygen atoms in total. The topological polar surface area (TPSA) is 156 Å². The van der Waals surface area contributed by atoms with Gasteiger partial charge in [0.05, 0.1) is 36.2 Å². The number of halogens is 3. The van der Waals surface area contributed by atoms with E-state index in [2.05, 4.69) is 44.4 Å². The average Bonchev–Trinajstić information content (AvgIpc) is 4.00. The number of aromatic nitrogens is 3. The van der Waals surface area contributed by atoms with Crippen LogP contribution in [0.5, 0.6) is 5.75 Å². The van der Waals surface area contributed by atoms with Crippen LogP contribution in [0.2, 0.25) is 51.4 Å². The zero-order chi connectivity index (χ0) is 48.0. The summed E-state index contributed by atoms with van der Waals surface area (Å²) in [5, 5.41) is 4.16. The molecule has 0 N–H and O–H groups in total. The van der Waals surface area contributed by atoms with Crippen molar-refractivity contribution in [1.29, 1.82) is 0 Å². The van der Waals surface area contributed by atoms with Crippen molar-refractivity contribution in [2.75, 3.05) is 51.1 Å². The van der Waals surface area contributed by atoms with Gasteiger partial charge in [0.2, 0.25) is 5.78 Å². The summed E-state index contributed by atoms with van der Waals surface area (Å²) in [5.41, 5.74) is 0.600. The third kappa shape index (κ3) is 12.6. The molecule has 20 heteroatoms. The van der Waals surface area contributed by atoms with Crippen LogP contribution < -0.4 is 9.04 Å². The molecule has 0 saturated carbocycles. The van der Waals surface area contributed by atoms with Gasteiger partial charge in [-0.15, -0.1) is 0 Å². The van der Waals surface area contributed by atoms with Gasteiger partial charge >= 0.3 is 16.2 Å². The maximum Gasteiger partial charge on any atom is 0.316 e. The van der Waals surface area contributed by atoms with Crippen molar-refractivity contribution in [3.05, 3.63) is 95.1 Å². The van der Waals surface area contributed by atoms with Gasteiger partial charge in [-0.1, -0.05) is 56.6 Å². The molecule has 2 aromatic carbocycles. The molecule has 0 bridgehead atoms. The summed E-state index contributed by atoms with van der Waals surface area (Å²) in [7, 11) is -6.33. The van der Waals surface area contributed by atoms with Crippen LogP contribution >= 0.6 is 0 Å². The first-order chi connectivity index (χ1) is 31.2. The lowest BCUT2D eigenvalue weighted by Gasteiger charge is -2.29. The van der Waals surface area contributed by atoms with Gasteiger partial charge in [-0.2, -0.15) is 12.7 Å². The molecule has 2 atom stereocenters. The van der Waals surface area contributed by atoms with Gasteiger partial charge in [0, 0.05) is 71.9 Å². The van der Waals surface area contributed by atoms with E-state index in [0.717, 1.165) is 22.5 Å². The molecule has 1 unspecified atom stereocenters. The van der Waals surface area contributed by atoms with Gasteiger partial charge in [0.15, 0.2) is 11.6 Å². The third-order valence-electron chi connectivity index (χ3n) is 11.2. The van der Waals surface area contributed by atoms with Crippen molar-refractivity contribution in [2.45, 2.75) is 96.4 Å². The number of fused-ring (bicyclic) bond motifs is 1. The second-order valence-electron chi connectivity index (χ2n) is 19.0. The predicted octanol–water partition coefficient (Wildman–Crippen LogP) is 9.34. The molecule has 358 valence electrons. The minimum Gasteiger partial charge on any atom is -0.494 e. The molecule has 1 aliphatic heterocycles. The monoisotopic (exact) mass is 971 g/mol. The highest BCUT2D eigenvalue weighted by Crippen LogP contribution is 2.34. The van der Waals surface area contributed by atoms with E-state index in [1.807, 2.05) is 0 Å². The molecule has 6 rings (SSSR count). The molecule has 1 saturated heterocycles. The zero-order valence-corrected chi connectivity index (χ0v) is 41.7.